The van der Waals surface area contributed by atoms with Crippen molar-refractivity contribution in [2.45, 2.75) is 0 Å². The molecule has 4 aromatic rings. The number of rotatable bonds is 3. The van der Waals surface area contributed by atoms with Gasteiger partial charge in [-0.15, -0.1) is 11.3 Å². The Balaban J connectivity index is 1.78. The van der Waals surface area contributed by atoms with Gasteiger partial charge in [-0.1, -0.05) is 66.7 Å². The molecule has 0 spiro atoms. The van der Waals surface area contributed by atoms with Crippen molar-refractivity contribution in [2.75, 3.05) is 0 Å². The van der Waals surface area contributed by atoms with Crippen molar-refractivity contribution < 1.29 is 5.11 Å². The predicted molar refractivity (Wildman–Crippen MR) is 113 cm³/mol. The molecule has 4 rings (SSSR count). The summed E-state index contributed by atoms with van der Waals surface area (Å²) < 4.78 is 0.720. The van der Waals surface area contributed by atoms with Crippen molar-refractivity contribution in [3.05, 3.63) is 99.8 Å². The zero-order valence-electron chi connectivity index (χ0n) is 14.7. The van der Waals surface area contributed by atoms with E-state index in [0.717, 1.165) is 15.8 Å². The Morgan fingerprint density at radius 2 is 1.54 bits per heavy atom. The van der Waals surface area contributed by atoms with E-state index >= 15 is 0 Å². The molecule has 5 heteroatoms. The fraction of sp³-hybridized carbons (Fsp3) is 0. The standard InChI is InChI=1S/C23H14N2O2S/c24-14-19(23-25-22(27)18-8-4-5-9-20(18)28-23)21(26)17-12-10-16(11-13-17)15-6-2-1-3-7-15/h1-13,26H. The molecule has 3 aromatic carbocycles. The highest BCUT2D eigenvalue weighted by Gasteiger charge is 2.15. The molecule has 0 fully saturated rings. The fourth-order valence-electron chi connectivity index (χ4n) is 2.92. The van der Waals surface area contributed by atoms with Gasteiger partial charge in [0, 0.05) is 10.3 Å². The monoisotopic (exact) mass is 382 g/mol. The van der Waals surface area contributed by atoms with Crippen LogP contribution in [0.1, 0.15) is 10.6 Å². The van der Waals surface area contributed by atoms with Crippen LogP contribution in [0.25, 0.3) is 32.5 Å². The Morgan fingerprint density at radius 1 is 0.893 bits per heavy atom. The van der Waals surface area contributed by atoms with Gasteiger partial charge in [-0.2, -0.15) is 10.2 Å². The summed E-state index contributed by atoms with van der Waals surface area (Å²) in [6.45, 7) is 0. The second kappa shape index (κ2) is 7.47. The molecule has 1 heterocycles. The average Bonchev–Trinajstić information content (AvgIpc) is 2.75. The van der Waals surface area contributed by atoms with Crippen LogP contribution < -0.4 is 5.56 Å². The zero-order chi connectivity index (χ0) is 19.5. The van der Waals surface area contributed by atoms with E-state index < -0.39 is 5.56 Å². The first-order valence-electron chi connectivity index (χ1n) is 8.57. The molecule has 0 unspecified atom stereocenters. The van der Waals surface area contributed by atoms with Crippen molar-refractivity contribution in [1.29, 1.82) is 5.26 Å². The topological polar surface area (TPSA) is 74.0 Å². The molecule has 0 bridgehead atoms. The second-order valence-electron chi connectivity index (χ2n) is 6.10. The summed E-state index contributed by atoms with van der Waals surface area (Å²) in [6.07, 6.45) is 0. The Labute approximate surface area is 165 Å². The number of aliphatic hydroxyl groups excluding tert-OH is 1. The third-order valence-corrected chi connectivity index (χ3v) is 5.42. The van der Waals surface area contributed by atoms with Crippen molar-refractivity contribution >= 4 is 32.8 Å². The van der Waals surface area contributed by atoms with Crippen LogP contribution in [0.3, 0.4) is 0 Å². The van der Waals surface area contributed by atoms with Crippen LogP contribution in [0.2, 0.25) is 0 Å². The molecular formula is C23H14N2O2S. The van der Waals surface area contributed by atoms with Crippen LogP contribution in [0.4, 0.5) is 0 Å². The predicted octanol–water partition coefficient (Wildman–Crippen LogP) is 5.27. The van der Waals surface area contributed by atoms with Crippen molar-refractivity contribution in [3.8, 4) is 17.2 Å². The summed E-state index contributed by atoms with van der Waals surface area (Å²) in [5, 5.41) is 21.0. The smallest absolute Gasteiger partial charge is 0.279 e. The lowest BCUT2D eigenvalue weighted by Gasteiger charge is -2.06. The first-order valence-corrected chi connectivity index (χ1v) is 9.38. The number of hydrogen-bond acceptors (Lipinski definition) is 5. The van der Waals surface area contributed by atoms with Gasteiger partial charge in [-0.25, -0.2) is 0 Å². The van der Waals surface area contributed by atoms with Gasteiger partial charge in [-0.3, -0.25) is 4.79 Å². The van der Waals surface area contributed by atoms with Gasteiger partial charge < -0.3 is 5.11 Å². The zero-order valence-corrected chi connectivity index (χ0v) is 15.5. The molecule has 28 heavy (non-hydrogen) atoms. The number of nitrogens with zero attached hydrogens (tertiary/aromatic N) is 2. The number of aliphatic hydroxyl groups is 1. The van der Waals surface area contributed by atoms with Gasteiger partial charge in [0.25, 0.3) is 5.56 Å². The Morgan fingerprint density at radius 3 is 2.25 bits per heavy atom. The molecule has 0 radical (unpaired) electrons. The first-order chi connectivity index (χ1) is 13.7. The molecule has 0 saturated heterocycles. The molecular weight excluding hydrogens is 368 g/mol. The summed E-state index contributed by atoms with van der Waals surface area (Å²) in [7, 11) is 0. The Hall–Kier alpha value is -3.75. The van der Waals surface area contributed by atoms with E-state index in [4.69, 9.17) is 0 Å². The normalized spacial score (nSPS) is 11.7. The number of fused-ring (bicyclic) bond motifs is 1. The lowest BCUT2D eigenvalue weighted by molar-refractivity contribution is 0.514. The molecule has 0 aliphatic rings. The molecule has 1 N–H and O–H groups in total. The third kappa shape index (κ3) is 3.29. The number of nitriles is 1. The molecule has 0 atom stereocenters. The molecule has 134 valence electrons. The van der Waals surface area contributed by atoms with Crippen LogP contribution in [0, 0.1) is 11.3 Å². The van der Waals surface area contributed by atoms with Gasteiger partial charge in [-0.05, 0) is 23.3 Å². The maximum Gasteiger partial charge on any atom is 0.279 e. The maximum absolute atomic E-state index is 12.3. The number of benzene rings is 3. The Kier molecular flexibility index (Phi) is 4.71. The third-order valence-electron chi connectivity index (χ3n) is 4.36. The van der Waals surface area contributed by atoms with E-state index in [2.05, 4.69) is 4.98 Å². The Bertz CT molecular complexity index is 1280. The minimum Gasteiger partial charge on any atom is -0.506 e. The van der Waals surface area contributed by atoms with Gasteiger partial charge in [0.05, 0.1) is 5.39 Å². The van der Waals surface area contributed by atoms with Crippen LogP contribution in [0.5, 0.6) is 0 Å². The molecule has 0 aliphatic carbocycles. The largest absolute Gasteiger partial charge is 0.506 e. The van der Waals surface area contributed by atoms with E-state index in [0.29, 0.717) is 10.9 Å². The average molecular weight is 382 g/mol. The summed E-state index contributed by atoms with van der Waals surface area (Å²) in [5.74, 6) is -0.194. The van der Waals surface area contributed by atoms with Crippen molar-refractivity contribution in [3.63, 3.8) is 0 Å². The van der Waals surface area contributed by atoms with Gasteiger partial charge >= 0.3 is 0 Å². The SMILES string of the molecule is N#CC(=C(O)c1ccc(-c2ccccc2)cc1)c1nc(=O)c2ccccc2s1. The molecule has 0 saturated carbocycles. The highest BCUT2D eigenvalue weighted by Crippen LogP contribution is 2.29. The lowest BCUT2D eigenvalue weighted by atomic mass is 10.0. The van der Waals surface area contributed by atoms with Crippen LogP contribution in [-0.2, 0) is 0 Å². The van der Waals surface area contributed by atoms with Crippen LogP contribution in [-0.4, -0.2) is 10.1 Å². The second-order valence-corrected chi connectivity index (χ2v) is 7.13. The van der Waals surface area contributed by atoms with E-state index in [1.807, 2.05) is 54.6 Å². The van der Waals surface area contributed by atoms with Crippen LogP contribution >= 0.6 is 11.3 Å². The van der Waals surface area contributed by atoms with Gasteiger partial charge in [0.15, 0.2) is 0 Å². The van der Waals surface area contributed by atoms with Crippen LogP contribution in [0.15, 0.2) is 83.7 Å². The summed E-state index contributed by atoms with van der Waals surface area (Å²) in [5.41, 5.74) is 2.13. The first kappa shape index (κ1) is 17.7. The fourth-order valence-corrected chi connectivity index (χ4v) is 3.91. The van der Waals surface area contributed by atoms with E-state index in [9.17, 15) is 15.2 Å². The minimum absolute atomic E-state index is 0.0136. The highest BCUT2D eigenvalue weighted by molar-refractivity contribution is 7.19. The number of allylic oxidation sites excluding steroid dienone is 1. The molecule has 0 amide bonds. The summed E-state index contributed by atoms with van der Waals surface area (Å²) >= 11 is 1.21. The van der Waals surface area contributed by atoms with Crippen molar-refractivity contribution in [1.82, 2.24) is 4.98 Å². The maximum atomic E-state index is 12.3. The van der Waals surface area contributed by atoms with Gasteiger partial charge in [0.1, 0.15) is 22.4 Å². The van der Waals surface area contributed by atoms with E-state index in [1.54, 1.807) is 30.3 Å². The molecule has 0 aliphatic heterocycles. The molecule has 1 aromatic heterocycles. The molecule has 4 nitrogen and oxygen atoms in total. The van der Waals surface area contributed by atoms with E-state index in [-0.39, 0.29) is 16.3 Å². The van der Waals surface area contributed by atoms with Gasteiger partial charge in [0.2, 0.25) is 0 Å². The number of aromatic nitrogens is 1. The highest BCUT2D eigenvalue weighted by atomic mass is 32.1. The summed E-state index contributed by atoms with van der Waals surface area (Å²) in [4.78, 5) is 16.3. The lowest BCUT2D eigenvalue weighted by Crippen LogP contribution is -2.07. The number of hydrogen-bond donors (Lipinski definition) is 1. The quantitative estimate of drug-likeness (QED) is 0.387. The van der Waals surface area contributed by atoms with E-state index in [1.165, 1.54) is 11.3 Å². The summed E-state index contributed by atoms with van der Waals surface area (Å²) in [6, 6.07) is 26.2. The van der Waals surface area contributed by atoms with Crippen molar-refractivity contribution in [2.24, 2.45) is 0 Å². The minimum atomic E-state index is -0.413.